The largest absolute Gasteiger partial charge is 0.311 e. The first-order valence-corrected chi connectivity index (χ1v) is 5.62. The molecule has 0 spiro atoms. The first kappa shape index (κ1) is 13.0. The van der Waals surface area contributed by atoms with E-state index in [-0.39, 0.29) is 17.0 Å². The van der Waals surface area contributed by atoms with Crippen LogP contribution in [0.4, 0.5) is 0 Å². The van der Waals surface area contributed by atoms with Gasteiger partial charge in [0.1, 0.15) is 11.6 Å². The van der Waals surface area contributed by atoms with E-state index < -0.39 is 0 Å². The molecule has 4 nitrogen and oxygen atoms in total. The third kappa shape index (κ3) is 2.95. The molecule has 0 aromatic carbocycles. The molecule has 1 heterocycles. The van der Waals surface area contributed by atoms with Crippen LogP contribution in [-0.4, -0.2) is 4.57 Å². The Labute approximate surface area is 101 Å². The second kappa shape index (κ2) is 5.86. The lowest BCUT2D eigenvalue weighted by atomic mass is 10.1. The third-order valence-corrected chi connectivity index (χ3v) is 2.59. The molecule has 1 aromatic heterocycles. The maximum Gasteiger partial charge on any atom is 0.268 e. The molecule has 1 rings (SSSR count). The van der Waals surface area contributed by atoms with E-state index in [2.05, 4.69) is 6.07 Å². The number of unbranched alkanes of at least 4 members (excludes halogenated alkanes) is 1. The number of hydrogen-bond acceptors (Lipinski definition) is 3. The highest BCUT2D eigenvalue weighted by molar-refractivity contribution is 5.28. The predicted molar refractivity (Wildman–Crippen MR) is 64.4 cm³/mol. The Hall–Kier alpha value is -2.07. The molecular weight excluding hydrogens is 214 g/mol. The topological polar surface area (TPSA) is 69.6 Å². The molecule has 0 bridgehead atoms. The molecule has 0 unspecified atom stereocenters. The zero-order valence-corrected chi connectivity index (χ0v) is 10.1. The minimum absolute atomic E-state index is 0.159. The first-order valence-electron chi connectivity index (χ1n) is 5.62. The van der Waals surface area contributed by atoms with Gasteiger partial charge >= 0.3 is 0 Å². The van der Waals surface area contributed by atoms with Gasteiger partial charge < -0.3 is 4.57 Å². The number of nitrogens with zero attached hydrogens (tertiary/aromatic N) is 3. The molecular formula is C13H15N3O. The summed E-state index contributed by atoms with van der Waals surface area (Å²) in [6.07, 6.45) is 1.05. The van der Waals surface area contributed by atoms with Crippen LogP contribution in [0.15, 0.2) is 16.9 Å². The predicted octanol–water partition coefficient (Wildman–Crippen LogP) is 2.15. The molecule has 0 saturated carbocycles. The van der Waals surface area contributed by atoms with Gasteiger partial charge in [0.05, 0.1) is 6.07 Å². The van der Waals surface area contributed by atoms with E-state index in [1.54, 1.807) is 10.6 Å². The van der Waals surface area contributed by atoms with Gasteiger partial charge in [-0.15, -0.1) is 0 Å². The highest BCUT2D eigenvalue weighted by Gasteiger charge is 2.10. The van der Waals surface area contributed by atoms with E-state index in [0.717, 1.165) is 5.69 Å². The highest BCUT2D eigenvalue weighted by Crippen LogP contribution is 2.13. The minimum Gasteiger partial charge on any atom is -0.311 e. The molecule has 88 valence electrons. The van der Waals surface area contributed by atoms with Crippen LogP contribution in [0.3, 0.4) is 0 Å². The standard InChI is InChI=1S/C13H15N3O/c1-10(2)12-6-5-11(9-15)13(17)16(12)8-4-3-7-14/h5-6,10H,3-4,8H2,1-2H3. The van der Waals surface area contributed by atoms with E-state index in [0.29, 0.717) is 19.4 Å². The SMILES string of the molecule is CC(C)c1ccc(C#N)c(=O)n1CCCC#N. The van der Waals surface area contributed by atoms with E-state index in [9.17, 15) is 4.79 Å². The van der Waals surface area contributed by atoms with Crippen molar-refractivity contribution >= 4 is 0 Å². The summed E-state index contributed by atoms with van der Waals surface area (Å²) < 4.78 is 1.61. The minimum atomic E-state index is -0.253. The molecule has 0 aliphatic heterocycles. The quantitative estimate of drug-likeness (QED) is 0.743. The first-order chi connectivity index (χ1) is 8.11. The van der Waals surface area contributed by atoms with Crippen molar-refractivity contribution in [3.8, 4) is 12.1 Å². The van der Waals surface area contributed by atoms with Gasteiger partial charge in [0.25, 0.3) is 5.56 Å². The summed E-state index contributed by atoms with van der Waals surface area (Å²) in [6, 6.07) is 7.33. The molecule has 0 radical (unpaired) electrons. The van der Waals surface area contributed by atoms with Crippen molar-refractivity contribution in [3.05, 3.63) is 33.7 Å². The summed E-state index contributed by atoms with van der Waals surface area (Å²) in [5.41, 5.74) is 0.815. The van der Waals surface area contributed by atoms with Crippen LogP contribution in [0, 0.1) is 22.7 Å². The number of nitriles is 2. The van der Waals surface area contributed by atoms with Gasteiger partial charge in [0.15, 0.2) is 0 Å². The lowest BCUT2D eigenvalue weighted by Crippen LogP contribution is -2.26. The molecule has 0 fully saturated rings. The molecule has 1 aromatic rings. The van der Waals surface area contributed by atoms with Gasteiger partial charge in [-0.2, -0.15) is 10.5 Å². The summed E-state index contributed by atoms with van der Waals surface area (Å²) >= 11 is 0. The Kier molecular flexibility index (Phi) is 4.48. The molecule has 0 N–H and O–H groups in total. The molecule has 4 heteroatoms. The normalized spacial score (nSPS) is 9.94. The fourth-order valence-corrected chi connectivity index (χ4v) is 1.73. The van der Waals surface area contributed by atoms with Crippen molar-refractivity contribution in [3.63, 3.8) is 0 Å². The van der Waals surface area contributed by atoms with Crippen molar-refractivity contribution in [1.29, 1.82) is 10.5 Å². The monoisotopic (exact) mass is 229 g/mol. The van der Waals surface area contributed by atoms with Crippen LogP contribution in [-0.2, 0) is 6.54 Å². The zero-order chi connectivity index (χ0) is 12.8. The Bertz CT molecular complexity index is 529. The maximum absolute atomic E-state index is 12.0. The van der Waals surface area contributed by atoms with Crippen molar-refractivity contribution < 1.29 is 0 Å². The van der Waals surface area contributed by atoms with E-state index >= 15 is 0 Å². The number of rotatable bonds is 4. The van der Waals surface area contributed by atoms with Gasteiger partial charge in [-0.25, -0.2) is 0 Å². The van der Waals surface area contributed by atoms with Crippen LogP contribution in [0.25, 0.3) is 0 Å². The second-order valence-electron chi connectivity index (χ2n) is 4.16. The average Bonchev–Trinajstić information content (AvgIpc) is 2.31. The third-order valence-electron chi connectivity index (χ3n) is 2.59. The van der Waals surface area contributed by atoms with E-state index in [1.165, 1.54) is 0 Å². The van der Waals surface area contributed by atoms with Gasteiger partial charge in [0, 0.05) is 18.7 Å². The molecule has 0 aliphatic carbocycles. The average molecular weight is 229 g/mol. The van der Waals surface area contributed by atoms with Gasteiger partial charge in [-0.3, -0.25) is 4.79 Å². The summed E-state index contributed by atoms with van der Waals surface area (Å²) in [7, 11) is 0. The van der Waals surface area contributed by atoms with E-state index in [1.807, 2.05) is 26.0 Å². The molecule has 0 saturated heterocycles. The Morgan fingerprint density at radius 2 is 2.06 bits per heavy atom. The van der Waals surface area contributed by atoms with Gasteiger partial charge in [-0.05, 0) is 24.5 Å². The second-order valence-corrected chi connectivity index (χ2v) is 4.16. The Morgan fingerprint density at radius 3 is 2.59 bits per heavy atom. The van der Waals surface area contributed by atoms with Crippen molar-refractivity contribution in [1.82, 2.24) is 4.57 Å². The van der Waals surface area contributed by atoms with Crippen LogP contribution in [0.2, 0.25) is 0 Å². The Morgan fingerprint density at radius 1 is 1.35 bits per heavy atom. The lowest BCUT2D eigenvalue weighted by molar-refractivity contribution is 0.581. The van der Waals surface area contributed by atoms with Crippen LogP contribution < -0.4 is 5.56 Å². The van der Waals surface area contributed by atoms with Crippen molar-refractivity contribution in [2.75, 3.05) is 0 Å². The maximum atomic E-state index is 12.0. The molecule has 0 aliphatic rings. The Balaban J connectivity index is 3.18. The fourth-order valence-electron chi connectivity index (χ4n) is 1.73. The van der Waals surface area contributed by atoms with E-state index in [4.69, 9.17) is 10.5 Å². The fraction of sp³-hybridized carbons (Fsp3) is 0.462. The summed E-state index contributed by atoms with van der Waals surface area (Å²) in [6.45, 7) is 4.50. The summed E-state index contributed by atoms with van der Waals surface area (Å²) in [4.78, 5) is 12.0. The van der Waals surface area contributed by atoms with Crippen molar-refractivity contribution in [2.24, 2.45) is 0 Å². The molecule has 17 heavy (non-hydrogen) atoms. The van der Waals surface area contributed by atoms with Gasteiger partial charge in [0.2, 0.25) is 0 Å². The van der Waals surface area contributed by atoms with Gasteiger partial charge in [-0.1, -0.05) is 13.8 Å². The zero-order valence-electron chi connectivity index (χ0n) is 10.1. The molecule has 0 atom stereocenters. The number of aromatic nitrogens is 1. The number of pyridine rings is 1. The number of hydrogen-bond donors (Lipinski definition) is 0. The summed E-state index contributed by atoms with van der Waals surface area (Å²) in [5, 5.41) is 17.3. The smallest absolute Gasteiger partial charge is 0.268 e. The highest BCUT2D eigenvalue weighted by atomic mass is 16.1. The summed E-state index contributed by atoms with van der Waals surface area (Å²) in [5.74, 6) is 0.220. The molecule has 0 amide bonds. The van der Waals surface area contributed by atoms with Crippen LogP contribution in [0.5, 0.6) is 0 Å². The van der Waals surface area contributed by atoms with Crippen LogP contribution in [0.1, 0.15) is 43.9 Å². The van der Waals surface area contributed by atoms with Crippen LogP contribution >= 0.6 is 0 Å². The lowest BCUT2D eigenvalue weighted by Gasteiger charge is -2.15. The van der Waals surface area contributed by atoms with Crippen molar-refractivity contribution in [2.45, 2.75) is 39.2 Å².